The van der Waals surface area contributed by atoms with E-state index in [4.69, 9.17) is 14.2 Å². The Balaban J connectivity index is 1.90. The van der Waals surface area contributed by atoms with E-state index in [-0.39, 0.29) is 18.5 Å². The second-order valence-electron chi connectivity index (χ2n) is 28.5. The van der Waals surface area contributed by atoms with Crippen LogP contribution < -0.4 is 5.32 Å². The lowest BCUT2D eigenvalue weighted by atomic mass is 9.99. The van der Waals surface area contributed by atoms with E-state index in [1.165, 1.54) is 334 Å². The van der Waals surface area contributed by atoms with Crippen LogP contribution in [0.25, 0.3) is 0 Å². The van der Waals surface area contributed by atoms with E-state index in [2.05, 4.69) is 43.5 Å². The summed E-state index contributed by atoms with van der Waals surface area (Å²) in [5, 5.41) is 54.6. The average Bonchev–Trinajstić information content (AvgIpc) is 0.900. The molecule has 1 rings (SSSR count). The molecule has 93 heavy (non-hydrogen) atoms. The first kappa shape index (κ1) is 88.9. The molecule has 6 N–H and O–H groups in total. The van der Waals surface area contributed by atoms with Gasteiger partial charge in [0.25, 0.3) is 0 Å². The highest BCUT2D eigenvalue weighted by Gasteiger charge is 2.44. The Hall–Kier alpha value is -2.12. The van der Waals surface area contributed by atoms with Crippen LogP contribution in [-0.4, -0.2) is 100 Å². The number of hydrogen-bond donors (Lipinski definition) is 6. The van der Waals surface area contributed by atoms with Crippen molar-refractivity contribution in [2.75, 3.05) is 19.8 Å². The monoisotopic (exact) mass is 1310 g/mol. The zero-order valence-corrected chi connectivity index (χ0v) is 61.2. The van der Waals surface area contributed by atoms with E-state index in [0.29, 0.717) is 19.4 Å². The van der Waals surface area contributed by atoms with Gasteiger partial charge in [0.15, 0.2) is 6.29 Å². The number of aliphatic hydroxyl groups is 5. The van der Waals surface area contributed by atoms with Crippen LogP contribution in [0.3, 0.4) is 0 Å². The predicted molar refractivity (Wildman–Crippen MR) is 394 cm³/mol. The SMILES string of the molecule is CCCCCCCCCC/C=C/CC/C=C/C(O)C(COC1OC(CO)C(O)C(O)C1O)NC(=O)CCCCCCCCCCCCCCCCCCC/C=C\CCCCCCCCCCCCCCCCCCCCOC(=O)CCCCCCCCCCCCCC. The summed E-state index contributed by atoms with van der Waals surface area (Å²) >= 11 is 0. The molecule has 1 amide bonds. The van der Waals surface area contributed by atoms with Crippen molar-refractivity contribution in [3.05, 3.63) is 36.5 Å². The van der Waals surface area contributed by atoms with E-state index in [0.717, 1.165) is 51.4 Å². The molecule has 7 atom stereocenters. The van der Waals surface area contributed by atoms with Crippen LogP contribution in [0.4, 0.5) is 0 Å². The van der Waals surface area contributed by atoms with Crippen LogP contribution in [0.1, 0.15) is 412 Å². The number of carbonyl (C=O) groups excluding carboxylic acids is 2. The quantitative estimate of drug-likeness (QED) is 0.0195. The number of carbonyl (C=O) groups is 2. The van der Waals surface area contributed by atoms with Gasteiger partial charge in [0.2, 0.25) is 5.91 Å². The number of ether oxygens (including phenoxy) is 3. The predicted octanol–water partition coefficient (Wildman–Crippen LogP) is 22.1. The number of unbranched alkanes of at least 4 members (excludes halogenated alkanes) is 55. The molecule has 0 radical (unpaired) electrons. The highest BCUT2D eigenvalue weighted by Crippen LogP contribution is 2.24. The third kappa shape index (κ3) is 59.6. The first-order valence-electron chi connectivity index (χ1n) is 40.8. The lowest BCUT2D eigenvalue weighted by Crippen LogP contribution is -2.60. The molecular formula is C82H155NO10. The number of allylic oxidation sites excluding steroid dienone is 5. The smallest absolute Gasteiger partial charge is 0.305 e. The maximum Gasteiger partial charge on any atom is 0.305 e. The molecule has 0 aromatic rings. The van der Waals surface area contributed by atoms with Crippen molar-refractivity contribution in [2.45, 2.75) is 455 Å². The Labute approximate surface area is 574 Å². The number of esters is 1. The van der Waals surface area contributed by atoms with Gasteiger partial charge >= 0.3 is 5.97 Å². The Kier molecular flexibility index (Phi) is 68.0. The highest BCUT2D eigenvalue weighted by molar-refractivity contribution is 5.76. The molecule has 0 aliphatic carbocycles. The van der Waals surface area contributed by atoms with Crippen molar-refractivity contribution in [1.82, 2.24) is 5.32 Å². The third-order valence-electron chi connectivity index (χ3n) is 19.5. The Morgan fingerprint density at radius 3 is 1.06 bits per heavy atom. The van der Waals surface area contributed by atoms with Crippen molar-refractivity contribution in [1.29, 1.82) is 0 Å². The van der Waals surface area contributed by atoms with Crippen molar-refractivity contribution in [3.8, 4) is 0 Å². The van der Waals surface area contributed by atoms with Crippen molar-refractivity contribution >= 4 is 11.9 Å². The fourth-order valence-electron chi connectivity index (χ4n) is 13.1. The van der Waals surface area contributed by atoms with E-state index < -0.39 is 49.5 Å². The molecule has 1 saturated heterocycles. The number of amides is 1. The van der Waals surface area contributed by atoms with Gasteiger partial charge in [-0.3, -0.25) is 9.59 Å². The second-order valence-corrected chi connectivity index (χ2v) is 28.5. The van der Waals surface area contributed by atoms with E-state index in [1.54, 1.807) is 6.08 Å². The number of nitrogens with one attached hydrogen (secondary N) is 1. The van der Waals surface area contributed by atoms with Gasteiger partial charge in [0, 0.05) is 12.8 Å². The standard InChI is InChI=1S/C82H155NO10/c1-3-5-7-9-11-13-15-17-45-48-52-56-60-64-68-75(85)74(73-92-82-81(90)80(89)79(88)76(72-84)93-82)83-77(86)69-65-61-57-53-49-46-43-41-39-37-35-33-31-29-27-25-23-21-19-18-20-22-24-26-28-30-32-34-36-38-40-42-44-47-51-55-59-63-67-71-91-78(87)70-66-62-58-54-50-16-14-12-10-8-6-4-2/h18-19,48,52,64,68,74-76,79-82,84-85,88-90H,3-17,20-47,49-51,53-63,65-67,69-73H2,1-2H3,(H,83,86)/b19-18-,52-48+,68-64+. The minimum absolute atomic E-state index is 0.0180. The van der Waals surface area contributed by atoms with E-state index >= 15 is 0 Å². The summed E-state index contributed by atoms with van der Waals surface area (Å²) in [6.07, 6.45) is 83.3. The van der Waals surface area contributed by atoms with Crippen LogP contribution >= 0.6 is 0 Å². The van der Waals surface area contributed by atoms with Crippen LogP contribution in [-0.2, 0) is 23.8 Å². The zero-order valence-electron chi connectivity index (χ0n) is 61.2. The molecule has 0 aromatic heterocycles. The Bertz CT molecular complexity index is 1640. The lowest BCUT2D eigenvalue weighted by molar-refractivity contribution is -0.302. The molecule has 11 nitrogen and oxygen atoms in total. The van der Waals surface area contributed by atoms with Crippen molar-refractivity contribution < 1.29 is 49.3 Å². The van der Waals surface area contributed by atoms with Gasteiger partial charge in [-0.1, -0.05) is 365 Å². The van der Waals surface area contributed by atoms with Crippen molar-refractivity contribution in [2.24, 2.45) is 0 Å². The summed E-state index contributed by atoms with van der Waals surface area (Å²) in [5.74, 6) is -0.167. The van der Waals surface area contributed by atoms with Crippen LogP contribution in [0.15, 0.2) is 36.5 Å². The zero-order chi connectivity index (χ0) is 67.2. The summed E-state index contributed by atoms with van der Waals surface area (Å²) in [6, 6.07) is -0.825. The first-order chi connectivity index (χ1) is 45.7. The molecule has 1 fully saturated rings. The third-order valence-corrected chi connectivity index (χ3v) is 19.5. The van der Waals surface area contributed by atoms with E-state index in [1.807, 2.05) is 6.08 Å². The fourth-order valence-corrected chi connectivity index (χ4v) is 13.1. The molecule has 1 aliphatic rings. The molecule has 7 unspecified atom stereocenters. The maximum absolute atomic E-state index is 13.1. The average molecular weight is 1320 g/mol. The summed E-state index contributed by atoms with van der Waals surface area (Å²) in [4.78, 5) is 25.1. The van der Waals surface area contributed by atoms with Gasteiger partial charge < -0.3 is 45.1 Å². The molecule has 548 valence electrons. The molecular weight excluding hydrogens is 1160 g/mol. The van der Waals surface area contributed by atoms with Gasteiger partial charge in [-0.25, -0.2) is 0 Å². The minimum atomic E-state index is -1.57. The van der Waals surface area contributed by atoms with Crippen molar-refractivity contribution in [3.63, 3.8) is 0 Å². The van der Waals surface area contributed by atoms with Gasteiger partial charge in [-0.2, -0.15) is 0 Å². The maximum atomic E-state index is 13.1. The van der Waals surface area contributed by atoms with Gasteiger partial charge in [0.05, 0.1) is 32.0 Å². The fraction of sp³-hybridized carbons (Fsp3) is 0.902. The molecule has 0 aromatic carbocycles. The normalized spacial score (nSPS) is 17.6. The van der Waals surface area contributed by atoms with Crippen LogP contribution in [0.5, 0.6) is 0 Å². The minimum Gasteiger partial charge on any atom is -0.466 e. The topological polar surface area (TPSA) is 175 Å². The number of hydrogen-bond acceptors (Lipinski definition) is 10. The highest BCUT2D eigenvalue weighted by atomic mass is 16.7. The summed E-state index contributed by atoms with van der Waals surface area (Å²) in [5.41, 5.74) is 0. The molecule has 1 heterocycles. The summed E-state index contributed by atoms with van der Waals surface area (Å²) in [7, 11) is 0. The van der Waals surface area contributed by atoms with Gasteiger partial charge in [-0.05, 0) is 70.6 Å². The Morgan fingerprint density at radius 1 is 0.387 bits per heavy atom. The molecule has 1 aliphatic heterocycles. The second kappa shape index (κ2) is 71.2. The number of rotatable bonds is 73. The van der Waals surface area contributed by atoms with Crippen LogP contribution in [0.2, 0.25) is 0 Å². The molecule has 0 bridgehead atoms. The van der Waals surface area contributed by atoms with Crippen LogP contribution in [0, 0.1) is 0 Å². The Morgan fingerprint density at radius 2 is 0.699 bits per heavy atom. The van der Waals surface area contributed by atoms with Gasteiger partial charge in [-0.15, -0.1) is 0 Å². The molecule has 0 saturated carbocycles. The lowest BCUT2D eigenvalue weighted by Gasteiger charge is -2.40. The molecule has 11 heteroatoms. The number of aliphatic hydroxyl groups excluding tert-OH is 5. The first-order valence-corrected chi connectivity index (χ1v) is 40.8. The molecule has 0 spiro atoms. The summed E-state index contributed by atoms with van der Waals surface area (Å²) < 4.78 is 16.8. The van der Waals surface area contributed by atoms with E-state index in [9.17, 15) is 35.1 Å². The summed E-state index contributed by atoms with van der Waals surface area (Å²) in [6.45, 7) is 4.38. The van der Waals surface area contributed by atoms with Gasteiger partial charge in [0.1, 0.15) is 24.4 Å². The largest absolute Gasteiger partial charge is 0.466 e.